The van der Waals surface area contributed by atoms with Crippen molar-refractivity contribution in [2.24, 2.45) is 0 Å². The molecule has 0 fully saturated rings. The Hall–Kier alpha value is -1.55. The Balaban J connectivity index is 2.58. The first-order chi connectivity index (χ1) is 8.84. The second-order valence-corrected chi connectivity index (χ2v) is 5.42. The van der Waals surface area contributed by atoms with Gasteiger partial charge in [0.2, 0.25) is 0 Å². The first-order valence-electron chi connectivity index (χ1n) is 6.50. The van der Waals surface area contributed by atoms with Crippen LogP contribution in [-0.2, 0) is 4.79 Å². The van der Waals surface area contributed by atoms with E-state index >= 15 is 0 Å². The number of hydrogen-bond acceptors (Lipinski definition) is 3. The van der Waals surface area contributed by atoms with Crippen molar-refractivity contribution in [3.8, 4) is 5.75 Å². The van der Waals surface area contributed by atoms with Gasteiger partial charge in [0.1, 0.15) is 5.75 Å². The summed E-state index contributed by atoms with van der Waals surface area (Å²) in [5, 5.41) is 11.8. The highest BCUT2D eigenvalue weighted by molar-refractivity contribution is 5.81. The molecule has 19 heavy (non-hydrogen) atoms. The van der Waals surface area contributed by atoms with Crippen LogP contribution >= 0.6 is 0 Å². The maximum Gasteiger partial charge on any atom is 0.261 e. The van der Waals surface area contributed by atoms with Gasteiger partial charge in [0, 0.05) is 12.1 Å². The zero-order valence-electron chi connectivity index (χ0n) is 12.1. The Kier molecular flexibility index (Phi) is 5.36. The third kappa shape index (κ3) is 5.30. The molecule has 1 aromatic rings. The van der Waals surface area contributed by atoms with Crippen LogP contribution in [0.4, 0.5) is 0 Å². The van der Waals surface area contributed by atoms with E-state index in [0.29, 0.717) is 12.2 Å². The Morgan fingerprint density at radius 1 is 1.47 bits per heavy atom. The summed E-state index contributed by atoms with van der Waals surface area (Å²) in [4.78, 5) is 12.0. The van der Waals surface area contributed by atoms with Crippen LogP contribution in [-0.4, -0.2) is 29.3 Å². The molecule has 0 aliphatic heterocycles. The van der Waals surface area contributed by atoms with Gasteiger partial charge in [0.05, 0.1) is 0 Å². The maximum absolute atomic E-state index is 12.0. The topological polar surface area (TPSA) is 58.6 Å². The van der Waals surface area contributed by atoms with Crippen LogP contribution in [0.3, 0.4) is 0 Å². The van der Waals surface area contributed by atoms with Gasteiger partial charge in [-0.3, -0.25) is 4.79 Å². The standard InChI is InChI=1S/C15H23NO3/c1-11-6-5-7-13(10-11)19-12(2)14(18)16-15(3,4)8-9-17/h5-7,10,12,17H,8-9H2,1-4H3,(H,16,18). The quantitative estimate of drug-likeness (QED) is 0.827. The molecule has 0 heterocycles. The first kappa shape index (κ1) is 15.5. The van der Waals surface area contributed by atoms with Gasteiger partial charge in [-0.25, -0.2) is 0 Å². The average Bonchev–Trinajstić information content (AvgIpc) is 2.27. The number of aliphatic hydroxyl groups is 1. The molecule has 4 heteroatoms. The summed E-state index contributed by atoms with van der Waals surface area (Å²) in [5.74, 6) is 0.502. The normalized spacial score (nSPS) is 12.9. The van der Waals surface area contributed by atoms with E-state index in [4.69, 9.17) is 9.84 Å². The fraction of sp³-hybridized carbons (Fsp3) is 0.533. The van der Waals surface area contributed by atoms with E-state index in [1.54, 1.807) is 6.92 Å². The lowest BCUT2D eigenvalue weighted by Crippen LogP contribution is -2.49. The number of carbonyl (C=O) groups excluding carboxylic acids is 1. The Morgan fingerprint density at radius 3 is 2.74 bits per heavy atom. The minimum atomic E-state index is -0.570. The lowest BCUT2D eigenvalue weighted by molar-refractivity contribution is -0.129. The summed E-state index contributed by atoms with van der Waals surface area (Å²) in [5.41, 5.74) is 0.654. The Labute approximate surface area is 114 Å². The van der Waals surface area contributed by atoms with Crippen molar-refractivity contribution in [1.29, 1.82) is 0 Å². The number of aryl methyl sites for hydroxylation is 1. The molecular formula is C15H23NO3. The van der Waals surface area contributed by atoms with Crippen molar-refractivity contribution in [2.45, 2.75) is 45.8 Å². The smallest absolute Gasteiger partial charge is 0.261 e. The van der Waals surface area contributed by atoms with Crippen molar-refractivity contribution >= 4 is 5.91 Å². The van der Waals surface area contributed by atoms with E-state index in [1.165, 1.54) is 0 Å². The molecule has 0 spiro atoms. The second-order valence-electron chi connectivity index (χ2n) is 5.42. The van der Waals surface area contributed by atoms with Gasteiger partial charge in [0.15, 0.2) is 6.10 Å². The van der Waals surface area contributed by atoms with Crippen LogP contribution in [0.25, 0.3) is 0 Å². The molecule has 0 aliphatic rings. The largest absolute Gasteiger partial charge is 0.481 e. The van der Waals surface area contributed by atoms with Crippen molar-refractivity contribution in [3.05, 3.63) is 29.8 Å². The molecule has 0 saturated heterocycles. The van der Waals surface area contributed by atoms with Gasteiger partial charge in [-0.1, -0.05) is 12.1 Å². The van der Waals surface area contributed by atoms with E-state index in [0.717, 1.165) is 5.56 Å². The molecule has 0 radical (unpaired) electrons. The number of ether oxygens (including phenoxy) is 1. The number of nitrogens with one attached hydrogen (secondary N) is 1. The Morgan fingerprint density at radius 2 is 2.16 bits per heavy atom. The third-order valence-corrected chi connectivity index (χ3v) is 2.87. The van der Waals surface area contributed by atoms with Crippen molar-refractivity contribution in [2.75, 3.05) is 6.61 Å². The van der Waals surface area contributed by atoms with Crippen LogP contribution in [0.1, 0.15) is 32.8 Å². The second kappa shape index (κ2) is 6.57. The molecule has 0 bridgehead atoms. The summed E-state index contributed by atoms with van der Waals surface area (Å²) >= 11 is 0. The first-order valence-corrected chi connectivity index (χ1v) is 6.50. The fourth-order valence-electron chi connectivity index (χ4n) is 1.72. The molecule has 0 aromatic heterocycles. The highest BCUT2D eigenvalue weighted by Gasteiger charge is 2.23. The van der Waals surface area contributed by atoms with Gasteiger partial charge in [0.25, 0.3) is 5.91 Å². The molecule has 1 aromatic carbocycles. The van der Waals surface area contributed by atoms with Crippen molar-refractivity contribution < 1.29 is 14.6 Å². The molecule has 0 aliphatic carbocycles. The third-order valence-electron chi connectivity index (χ3n) is 2.87. The maximum atomic E-state index is 12.0. The minimum Gasteiger partial charge on any atom is -0.481 e. The summed E-state index contributed by atoms with van der Waals surface area (Å²) in [6, 6.07) is 7.59. The van der Waals surface area contributed by atoms with E-state index in [-0.39, 0.29) is 12.5 Å². The van der Waals surface area contributed by atoms with Crippen LogP contribution in [0.5, 0.6) is 5.75 Å². The number of hydrogen-bond donors (Lipinski definition) is 2. The molecule has 2 N–H and O–H groups in total. The fourth-order valence-corrected chi connectivity index (χ4v) is 1.72. The molecule has 4 nitrogen and oxygen atoms in total. The molecule has 0 saturated carbocycles. The zero-order valence-corrected chi connectivity index (χ0v) is 12.1. The number of amides is 1. The van der Waals surface area contributed by atoms with Crippen LogP contribution in [0.15, 0.2) is 24.3 Å². The number of benzene rings is 1. The highest BCUT2D eigenvalue weighted by atomic mass is 16.5. The number of carbonyl (C=O) groups is 1. The lowest BCUT2D eigenvalue weighted by atomic mass is 10.0. The van der Waals surface area contributed by atoms with Crippen molar-refractivity contribution in [1.82, 2.24) is 5.32 Å². The van der Waals surface area contributed by atoms with Gasteiger partial charge in [-0.15, -0.1) is 0 Å². The van der Waals surface area contributed by atoms with Gasteiger partial charge >= 0.3 is 0 Å². The summed E-state index contributed by atoms with van der Waals surface area (Å²) in [6.45, 7) is 7.48. The van der Waals surface area contributed by atoms with Crippen LogP contribution in [0, 0.1) is 6.92 Å². The average molecular weight is 265 g/mol. The monoisotopic (exact) mass is 265 g/mol. The molecule has 106 valence electrons. The summed E-state index contributed by atoms with van der Waals surface area (Å²) in [7, 11) is 0. The van der Waals surface area contributed by atoms with E-state index in [2.05, 4.69) is 5.32 Å². The van der Waals surface area contributed by atoms with Gasteiger partial charge in [-0.2, -0.15) is 0 Å². The predicted molar refractivity (Wildman–Crippen MR) is 75.2 cm³/mol. The van der Waals surface area contributed by atoms with E-state index in [9.17, 15) is 4.79 Å². The Bertz CT molecular complexity index is 429. The predicted octanol–water partition coefficient (Wildman–Crippen LogP) is 2.04. The summed E-state index contributed by atoms with van der Waals surface area (Å²) < 4.78 is 5.61. The zero-order chi connectivity index (χ0) is 14.5. The SMILES string of the molecule is Cc1cccc(OC(C)C(=O)NC(C)(C)CCO)c1. The van der Waals surface area contributed by atoms with Crippen LogP contribution < -0.4 is 10.1 Å². The summed E-state index contributed by atoms with van der Waals surface area (Å²) in [6.07, 6.45) is -0.0598. The highest BCUT2D eigenvalue weighted by Crippen LogP contribution is 2.15. The minimum absolute atomic E-state index is 0.0421. The number of rotatable bonds is 6. The molecule has 1 amide bonds. The molecule has 1 rings (SSSR count). The molecule has 1 unspecified atom stereocenters. The van der Waals surface area contributed by atoms with E-state index < -0.39 is 11.6 Å². The number of aliphatic hydroxyl groups excluding tert-OH is 1. The molecule has 1 atom stereocenters. The molecular weight excluding hydrogens is 242 g/mol. The van der Waals surface area contributed by atoms with Crippen molar-refractivity contribution in [3.63, 3.8) is 0 Å². The van der Waals surface area contributed by atoms with Gasteiger partial charge in [-0.05, 0) is 51.8 Å². The van der Waals surface area contributed by atoms with Gasteiger partial charge < -0.3 is 15.2 Å². The lowest BCUT2D eigenvalue weighted by Gasteiger charge is -2.27. The van der Waals surface area contributed by atoms with Crippen LogP contribution in [0.2, 0.25) is 0 Å². The van der Waals surface area contributed by atoms with E-state index in [1.807, 2.05) is 45.0 Å².